The summed E-state index contributed by atoms with van der Waals surface area (Å²) in [4.78, 5) is 25.9. The molecule has 0 amide bonds. The number of hydrogen-bond acceptors (Lipinski definition) is 11. The highest BCUT2D eigenvalue weighted by molar-refractivity contribution is 5.79. The van der Waals surface area contributed by atoms with Gasteiger partial charge in [0.1, 0.15) is 11.6 Å². The third-order valence-electron chi connectivity index (χ3n) is 3.38. The number of carbonyl (C=O) groups is 2. The van der Waals surface area contributed by atoms with Crippen molar-refractivity contribution in [2.45, 2.75) is 65.2 Å². The van der Waals surface area contributed by atoms with Crippen LogP contribution in [0.2, 0.25) is 0 Å². The molecule has 11 heteroatoms. The molecule has 0 saturated heterocycles. The summed E-state index contributed by atoms with van der Waals surface area (Å²) in [6, 6.07) is 0. The van der Waals surface area contributed by atoms with Gasteiger partial charge in [0.25, 0.3) is 0 Å². The van der Waals surface area contributed by atoms with E-state index in [1.54, 1.807) is 41.5 Å². The maximum atomic E-state index is 11.7. The molecule has 1 aliphatic heterocycles. The smallest absolute Gasteiger partial charge is 0.226 e. The Hall–Kier alpha value is -2.66. The van der Waals surface area contributed by atoms with Gasteiger partial charge in [-0.2, -0.15) is 0 Å². The number of aldehydes is 2. The van der Waals surface area contributed by atoms with E-state index in [2.05, 4.69) is 10.3 Å². The van der Waals surface area contributed by atoms with Crippen molar-refractivity contribution in [2.24, 2.45) is 11.5 Å². The number of aromatic nitrogens is 2. The first kappa shape index (κ1) is 20.6. The first-order valence-corrected chi connectivity index (χ1v) is 8.32. The van der Waals surface area contributed by atoms with Crippen molar-refractivity contribution < 1.29 is 23.7 Å². The molecule has 4 N–H and O–H groups in total. The van der Waals surface area contributed by atoms with E-state index in [1.807, 2.05) is 0 Å². The van der Waals surface area contributed by atoms with E-state index in [-0.39, 0.29) is 23.3 Å². The number of carbonyl (C=O) groups excluding carboxylic acids is 2. The molecule has 1 aliphatic rings. The molecule has 1 aromatic rings. The number of fused-ring (bicyclic) bond motifs is 1. The number of anilines is 2. The largest absolute Gasteiger partial charge is 0.382 e. The topological polar surface area (TPSA) is 150 Å². The van der Waals surface area contributed by atoms with Crippen LogP contribution in [0, 0.1) is 0 Å². The molecule has 11 nitrogen and oxygen atoms in total. The predicted molar refractivity (Wildman–Crippen MR) is 96.0 cm³/mol. The highest BCUT2D eigenvalue weighted by Crippen LogP contribution is 2.37. The summed E-state index contributed by atoms with van der Waals surface area (Å²) in [5, 5.41) is 7.61. The molecule has 0 aromatic carbocycles. The molecule has 150 valence electrons. The molecule has 2 heterocycles. The second kappa shape index (κ2) is 7.16. The van der Waals surface area contributed by atoms with E-state index in [4.69, 9.17) is 25.6 Å². The molecule has 0 saturated carbocycles. The summed E-state index contributed by atoms with van der Waals surface area (Å²) in [6.07, 6.45) is -1.14. The third-order valence-corrected chi connectivity index (χ3v) is 3.38. The van der Waals surface area contributed by atoms with E-state index in [0.29, 0.717) is 12.6 Å². The summed E-state index contributed by atoms with van der Waals surface area (Å²) in [5.74, 6) is 0.0487. The van der Waals surface area contributed by atoms with Gasteiger partial charge >= 0.3 is 0 Å². The predicted octanol–water partition coefficient (Wildman–Crippen LogP) is 0.420. The van der Waals surface area contributed by atoms with Crippen molar-refractivity contribution in [3.8, 4) is 0 Å². The fourth-order valence-electron chi connectivity index (χ4n) is 2.48. The lowest BCUT2D eigenvalue weighted by Crippen LogP contribution is -2.54. The van der Waals surface area contributed by atoms with Crippen LogP contribution in [-0.2, 0) is 19.1 Å². The summed E-state index contributed by atoms with van der Waals surface area (Å²) >= 11 is 0. The minimum atomic E-state index is -1.13. The molecule has 2 atom stereocenters. The van der Waals surface area contributed by atoms with E-state index >= 15 is 0 Å². The van der Waals surface area contributed by atoms with Gasteiger partial charge in [-0.05, 0) is 51.9 Å². The van der Waals surface area contributed by atoms with Crippen LogP contribution in [0.3, 0.4) is 0 Å². The average Bonchev–Trinajstić information content (AvgIpc) is 2.99. The number of nitrogens with zero attached hydrogens (tertiary/aromatic N) is 4. The van der Waals surface area contributed by atoms with Gasteiger partial charge in [0.05, 0.1) is 11.2 Å². The van der Waals surface area contributed by atoms with Crippen molar-refractivity contribution >= 4 is 24.2 Å². The normalized spacial score (nSPS) is 17.6. The second-order valence-electron chi connectivity index (χ2n) is 7.94. The molecule has 2 unspecified atom stereocenters. The van der Waals surface area contributed by atoms with Crippen LogP contribution < -0.4 is 21.3 Å². The third kappa shape index (κ3) is 4.37. The Morgan fingerprint density at radius 3 is 1.44 bits per heavy atom. The Morgan fingerprint density at radius 1 is 0.852 bits per heavy atom. The summed E-state index contributed by atoms with van der Waals surface area (Å²) in [5.41, 5.74) is 11.0. The van der Waals surface area contributed by atoms with Crippen molar-refractivity contribution in [3.05, 3.63) is 11.6 Å². The highest BCUT2D eigenvalue weighted by Gasteiger charge is 2.42. The maximum absolute atomic E-state index is 11.7. The lowest BCUT2D eigenvalue weighted by atomic mass is 10.2. The lowest BCUT2D eigenvalue weighted by Gasteiger charge is -2.40. The van der Waals surface area contributed by atoms with E-state index < -0.39 is 23.7 Å². The zero-order chi connectivity index (χ0) is 20.6. The Balaban J connectivity index is 2.52. The van der Waals surface area contributed by atoms with Gasteiger partial charge in [-0.1, -0.05) is 0 Å². The van der Waals surface area contributed by atoms with Gasteiger partial charge in [-0.15, -0.1) is 0 Å². The molecular formula is C16H26N6O5. The zero-order valence-electron chi connectivity index (χ0n) is 16.3. The number of rotatable bonds is 6. The molecule has 1 aromatic heterocycles. The molecule has 0 spiro atoms. The fraction of sp³-hybridized carbons (Fsp3) is 0.625. The standard InChI is InChI=1S/C16H26N6O5/c1-15(2,3)25-9(7-23)21-11(17)12(18)22(14-13(21)19-27-20-14)10(8-24)26-16(4,5)6/h7-10H,17-18H2,1-6H3. The van der Waals surface area contributed by atoms with Crippen LogP contribution in [0.4, 0.5) is 11.6 Å². The molecule has 0 radical (unpaired) electrons. The Morgan fingerprint density at radius 2 is 1.19 bits per heavy atom. The highest BCUT2D eigenvalue weighted by atomic mass is 16.6. The number of hydrogen-bond donors (Lipinski definition) is 2. The van der Waals surface area contributed by atoms with Gasteiger partial charge < -0.3 is 20.9 Å². The maximum Gasteiger partial charge on any atom is 0.226 e. The monoisotopic (exact) mass is 382 g/mol. The minimum Gasteiger partial charge on any atom is -0.382 e. The zero-order valence-corrected chi connectivity index (χ0v) is 16.3. The van der Waals surface area contributed by atoms with Crippen LogP contribution >= 0.6 is 0 Å². The van der Waals surface area contributed by atoms with Crippen molar-refractivity contribution in [1.29, 1.82) is 0 Å². The lowest BCUT2D eigenvalue weighted by molar-refractivity contribution is -0.128. The molecule has 0 aliphatic carbocycles. The molecular weight excluding hydrogens is 356 g/mol. The quantitative estimate of drug-likeness (QED) is 0.659. The van der Waals surface area contributed by atoms with Gasteiger partial charge in [-0.25, -0.2) is 4.63 Å². The Kier molecular flexibility index (Phi) is 5.47. The molecule has 0 bridgehead atoms. The van der Waals surface area contributed by atoms with Crippen LogP contribution in [0.5, 0.6) is 0 Å². The van der Waals surface area contributed by atoms with E-state index in [1.165, 1.54) is 9.80 Å². The van der Waals surface area contributed by atoms with Crippen LogP contribution in [0.1, 0.15) is 41.5 Å². The first-order valence-electron chi connectivity index (χ1n) is 8.32. The van der Waals surface area contributed by atoms with Gasteiger partial charge in [0.15, 0.2) is 25.0 Å². The first-order chi connectivity index (χ1) is 12.4. The van der Waals surface area contributed by atoms with Gasteiger partial charge in [0, 0.05) is 0 Å². The second-order valence-corrected chi connectivity index (χ2v) is 7.94. The van der Waals surface area contributed by atoms with Crippen molar-refractivity contribution in [2.75, 3.05) is 9.80 Å². The molecule has 2 rings (SSSR count). The van der Waals surface area contributed by atoms with Gasteiger partial charge in [-0.3, -0.25) is 19.4 Å². The Labute approximate surface area is 157 Å². The number of nitrogens with two attached hydrogens (primary N) is 2. The van der Waals surface area contributed by atoms with Crippen LogP contribution in [0.15, 0.2) is 16.3 Å². The SMILES string of the molecule is CC(C)(C)OC(C=O)N1C(N)=C(N)N(C(C=O)OC(C)(C)C)c2nonc21. The fourth-order valence-corrected chi connectivity index (χ4v) is 2.48. The van der Waals surface area contributed by atoms with Crippen molar-refractivity contribution in [1.82, 2.24) is 10.3 Å². The molecule has 27 heavy (non-hydrogen) atoms. The average molecular weight is 382 g/mol. The summed E-state index contributed by atoms with van der Waals surface area (Å²) in [7, 11) is 0. The number of ether oxygens (including phenoxy) is 2. The minimum absolute atomic E-state index is 0.0519. The van der Waals surface area contributed by atoms with E-state index in [9.17, 15) is 9.59 Å². The van der Waals surface area contributed by atoms with Crippen LogP contribution in [-0.4, -0.2) is 46.5 Å². The van der Waals surface area contributed by atoms with Gasteiger partial charge in [0.2, 0.25) is 11.6 Å². The summed E-state index contributed by atoms with van der Waals surface area (Å²) < 4.78 is 16.3. The van der Waals surface area contributed by atoms with Crippen LogP contribution in [0.25, 0.3) is 0 Å². The molecule has 0 fully saturated rings. The Bertz CT molecular complexity index is 674. The van der Waals surface area contributed by atoms with Crippen molar-refractivity contribution in [3.63, 3.8) is 0 Å². The van der Waals surface area contributed by atoms with E-state index in [0.717, 1.165) is 0 Å². The summed E-state index contributed by atoms with van der Waals surface area (Å²) in [6.45, 7) is 10.7.